The first-order chi connectivity index (χ1) is 5.77. The van der Waals surface area contributed by atoms with Crippen LogP contribution in [0.1, 0.15) is 23.3 Å². The average Bonchev–Trinajstić information content (AvgIpc) is 2.85. The molecule has 0 aliphatic heterocycles. The Hall–Kier alpha value is -0.960. The number of hydrogen-bond donors (Lipinski definition) is 0. The van der Waals surface area contributed by atoms with E-state index >= 15 is 0 Å². The van der Waals surface area contributed by atoms with Gasteiger partial charge in [0.2, 0.25) is 5.28 Å². The highest BCUT2D eigenvalue weighted by molar-refractivity contribution is 6.28. The molecule has 0 bridgehead atoms. The zero-order chi connectivity index (χ0) is 8.55. The molecule has 62 valence electrons. The Morgan fingerprint density at radius 1 is 1.58 bits per heavy atom. The highest BCUT2D eigenvalue weighted by Gasteiger charge is 2.31. The molecule has 0 amide bonds. The first kappa shape index (κ1) is 7.68. The zero-order valence-corrected chi connectivity index (χ0v) is 7.08. The molecule has 0 spiro atoms. The Morgan fingerprint density at radius 2 is 2.33 bits per heavy atom. The van der Waals surface area contributed by atoms with Crippen LogP contribution in [0.3, 0.4) is 0 Å². The van der Waals surface area contributed by atoms with Gasteiger partial charge in [-0.1, -0.05) is 0 Å². The predicted octanol–water partition coefficient (Wildman–Crippen LogP) is 1.72. The molecule has 0 radical (unpaired) electrons. The fourth-order valence-electron chi connectivity index (χ4n) is 1.03. The molecule has 1 aliphatic carbocycles. The van der Waals surface area contributed by atoms with E-state index in [-0.39, 0.29) is 17.0 Å². The predicted molar refractivity (Wildman–Crippen MR) is 44.1 cm³/mol. The summed E-state index contributed by atoms with van der Waals surface area (Å²) >= 11 is 5.54. The number of halogens is 1. The molecule has 0 aromatic carbocycles. The van der Waals surface area contributed by atoms with Crippen molar-refractivity contribution in [3.63, 3.8) is 0 Å². The van der Waals surface area contributed by atoms with Gasteiger partial charge in [-0.15, -0.1) is 0 Å². The van der Waals surface area contributed by atoms with Gasteiger partial charge in [-0.3, -0.25) is 4.79 Å². The van der Waals surface area contributed by atoms with Gasteiger partial charge in [-0.2, -0.15) is 0 Å². The van der Waals surface area contributed by atoms with Gasteiger partial charge in [0.15, 0.2) is 5.78 Å². The zero-order valence-electron chi connectivity index (χ0n) is 6.33. The maximum absolute atomic E-state index is 11.4. The van der Waals surface area contributed by atoms with Crippen LogP contribution in [0, 0.1) is 5.92 Å². The van der Waals surface area contributed by atoms with Crippen molar-refractivity contribution in [2.75, 3.05) is 0 Å². The summed E-state index contributed by atoms with van der Waals surface area (Å²) in [6, 6.07) is 1.60. The summed E-state index contributed by atoms with van der Waals surface area (Å²) in [4.78, 5) is 19.0. The number of carbonyl (C=O) groups is 1. The summed E-state index contributed by atoms with van der Waals surface area (Å²) in [5, 5.41) is 0.140. The van der Waals surface area contributed by atoms with Gasteiger partial charge in [-0.25, -0.2) is 9.97 Å². The van der Waals surface area contributed by atoms with E-state index in [9.17, 15) is 4.79 Å². The van der Waals surface area contributed by atoms with E-state index in [1.807, 2.05) is 0 Å². The van der Waals surface area contributed by atoms with Gasteiger partial charge in [0.25, 0.3) is 0 Å². The number of hydrogen-bond acceptors (Lipinski definition) is 3. The van der Waals surface area contributed by atoms with E-state index in [0.717, 1.165) is 12.8 Å². The van der Waals surface area contributed by atoms with Crippen LogP contribution in [0.5, 0.6) is 0 Å². The van der Waals surface area contributed by atoms with E-state index in [1.54, 1.807) is 6.07 Å². The van der Waals surface area contributed by atoms with E-state index < -0.39 is 0 Å². The van der Waals surface area contributed by atoms with Crippen LogP contribution >= 0.6 is 11.6 Å². The third-order valence-electron chi connectivity index (χ3n) is 1.83. The normalized spacial score (nSPS) is 16.1. The van der Waals surface area contributed by atoms with Crippen molar-refractivity contribution in [1.29, 1.82) is 0 Å². The summed E-state index contributed by atoms with van der Waals surface area (Å²) in [5.41, 5.74) is 0.442. The van der Waals surface area contributed by atoms with Crippen LogP contribution in [0.2, 0.25) is 5.28 Å². The Kier molecular flexibility index (Phi) is 1.81. The van der Waals surface area contributed by atoms with E-state index in [0.29, 0.717) is 5.69 Å². The van der Waals surface area contributed by atoms with E-state index in [4.69, 9.17) is 11.6 Å². The smallest absolute Gasteiger partial charge is 0.222 e. The molecule has 4 heteroatoms. The van der Waals surface area contributed by atoms with E-state index in [1.165, 1.54) is 6.20 Å². The Bertz CT molecular complexity index is 323. The molecular weight excluding hydrogens is 176 g/mol. The van der Waals surface area contributed by atoms with Crippen LogP contribution in [-0.4, -0.2) is 15.8 Å². The highest BCUT2D eigenvalue weighted by atomic mass is 35.5. The fraction of sp³-hybridized carbons (Fsp3) is 0.375. The van der Waals surface area contributed by atoms with Crippen molar-refractivity contribution in [2.24, 2.45) is 5.92 Å². The van der Waals surface area contributed by atoms with Crippen molar-refractivity contribution in [2.45, 2.75) is 12.8 Å². The summed E-state index contributed by atoms with van der Waals surface area (Å²) in [5.74, 6) is 0.287. The number of aromatic nitrogens is 2. The van der Waals surface area contributed by atoms with Crippen LogP contribution < -0.4 is 0 Å². The third kappa shape index (κ3) is 1.46. The lowest BCUT2D eigenvalue weighted by Gasteiger charge is -1.95. The Morgan fingerprint density at radius 3 is 2.92 bits per heavy atom. The molecule has 12 heavy (non-hydrogen) atoms. The van der Waals surface area contributed by atoms with Crippen LogP contribution in [0.4, 0.5) is 0 Å². The molecule has 2 rings (SSSR count). The molecule has 1 aliphatic rings. The van der Waals surface area contributed by atoms with Crippen molar-refractivity contribution >= 4 is 17.4 Å². The van der Waals surface area contributed by atoms with Crippen LogP contribution in [0.25, 0.3) is 0 Å². The van der Waals surface area contributed by atoms with Gasteiger partial charge < -0.3 is 0 Å². The minimum absolute atomic E-state index is 0.0966. The molecule has 3 nitrogen and oxygen atoms in total. The van der Waals surface area contributed by atoms with Gasteiger partial charge in [0, 0.05) is 12.1 Å². The minimum atomic E-state index is 0.0966. The van der Waals surface area contributed by atoms with Gasteiger partial charge in [-0.05, 0) is 30.5 Å². The van der Waals surface area contributed by atoms with Crippen molar-refractivity contribution < 1.29 is 4.79 Å². The summed E-state index contributed by atoms with van der Waals surface area (Å²) < 4.78 is 0. The quantitative estimate of drug-likeness (QED) is 0.517. The lowest BCUT2D eigenvalue weighted by Crippen LogP contribution is -2.04. The summed E-state index contributed by atoms with van der Waals surface area (Å²) in [7, 11) is 0. The topological polar surface area (TPSA) is 42.9 Å². The second kappa shape index (κ2) is 2.83. The second-order valence-corrected chi connectivity index (χ2v) is 3.19. The lowest BCUT2D eigenvalue weighted by atomic mass is 10.2. The van der Waals surface area contributed by atoms with Crippen molar-refractivity contribution in [3.05, 3.63) is 23.2 Å². The first-order valence-corrected chi connectivity index (χ1v) is 4.18. The van der Waals surface area contributed by atoms with Crippen molar-refractivity contribution in [3.8, 4) is 0 Å². The minimum Gasteiger partial charge on any atom is -0.292 e. The number of ketones is 1. The monoisotopic (exact) mass is 182 g/mol. The van der Waals surface area contributed by atoms with E-state index in [2.05, 4.69) is 9.97 Å². The average molecular weight is 183 g/mol. The highest BCUT2D eigenvalue weighted by Crippen LogP contribution is 2.31. The number of rotatable bonds is 2. The molecular formula is C8H7ClN2O. The largest absolute Gasteiger partial charge is 0.292 e. The molecule has 0 saturated heterocycles. The van der Waals surface area contributed by atoms with Crippen LogP contribution in [0.15, 0.2) is 12.3 Å². The molecule has 1 aromatic heterocycles. The van der Waals surface area contributed by atoms with Gasteiger partial charge in [0.1, 0.15) is 5.69 Å². The second-order valence-electron chi connectivity index (χ2n) is 2.85. The SMILES string of the molecule is O=C(c1ccnc(Cl)n1)C1CC1. The Labute approximate surface area is 74.8 Å². The maximum Gasteiger partial charge on any atom is 0.222 e. The standard InChI is InChI=1S/C8H7ClN2O/c9-8-10-4-3-6(11-8)7(12)5-1-2-5/h3-5H,1-2H2. The molecule has 0 atom stereocenters. The fourth-order valence-corrected chi connectivity index (χ4v) is 1.17. The molecule has 0 unspecified atom stereocenters. The number of carbonyl (C=O) groups excluding carboxylic acids is 1. The first-order valence-electron chi connectivity index (χ1n) is 3.80. The molecule has 1 aromatic rings. The number of Topliss-reactive ketones (excluding diaryl/α,β-unsaturated/α-hetero) is 1. The Balaban J connectivity index is 2.26. The van der Waals surface area contributed by atoms with Crippen LogP contribution in [-0.2, 0) is 0 Å². The molecule has 1 fully saturated rings. The molecule has 1 saturated carbocycles. The molecule has 0 N–H and O–H groups in total. The lowest BCUT2D eigenvalue weighted by molar-refractivity contribution is 0.0962. The maximum atomic E-state index is 11.4. The summed E-state index contributed by atoms with van der Waals surface area (Å²) in [6.45, 7) is 0. The summed E-state index contributed by atoms with van der Waals surface area (Å²) in [6.07, 6.45) is 3.48. The van der Waals surface area contributed by atoms with Gasteiger partial charge in [0.05, 0.1) is 0 Å². The van der Waals surface area contributed by atoms with Crippen molar-refractivity contribution in [1.82, 2.24) is 9.97 Å². The number of nitrogens with zero attached hydrogens (tertiary/aromatic N) is 2. The molecule has 1 heterocycles. The van der Waals surface area contributed by atoms with Gasteiger partial charge >= 0.3 is 0 Å². The third-order valence-corrected chi connectivity index (χ3v) is 2.01.